The van der Waals surface area contributed by atoms with Crippen LogP contribution in [-0.2, 0) is 0 Å². The lowest BCUT2D eigenvalue weighted by Crippen LogP contribution is -2.30. The van der Waals surface area contributed by atoms with Gasteiger partial charge in [-0.2, -0.15) is 0 Å². The molecule has 15 heavy (non-hydrogen) atoms. The maximum absolute atomic E-state index is 11.0. The molecule has 0 unspecified atom stereocenters. The highest BCUT2D eigenvalue weighted by Gasteiger charge is 2.12. The van der Waals surface area contributed by atoms with Crippen LogP contribution < -0.4 is 4.90 Å². The van der Waals surface area contributed by atoms with Crippen LogP contribution in [0.1, 0.15) is 6.42 Å². The highest BCUT2D eigenvalue weighted by atomic mass is 79.9. The van der Waals surface area contributed by atoms with Crippen molar-refractivity contribution < 1.29 is 9.90 Å². The highest BCUT2D eigenvalue weighted by Crippen LogP contribution is 2.18. The number of hydrogen-bond donors (Lipinski definition) is 1. The Hall–Kier alpha value is -0.740. The van der Waals surface area contributed by atoms with E-state index in [0.717, 1.165) is 11.8 Å². The summed E-state index contributed by atoms with van der Waals surface area (Å²) in [7, 11) is 0. The van der Waals surface area contributed by atoms with E-state index in [0.29, 0.717) is 17.3 Å². The molecule has 0 aliphatic heterocycles. The summed E-state index contributed by atoms with van der Waals surface area (Å²) in [5, 5.41) is 10.4. The molecule has 0 saturated carbocycles. The third-order valence-corrected chi connectivity index (χ3v) is 2.70. The molecule has 0 heterocycles. The summed E-state index contributed by atoms with van der Waals surface area (Å²) in [5.41, 5.74) is 0.646. The topological polar surface area (TPSA) is 40.5 Å². The first-order valence-corrected chi connectivity index (χ1v) is 5.97. The molecule has 1 aromatic carbocycles. The molecule has 0 bridgehead atoms. The van der Waals surface area contributed by atoms with Crippen molar-refractivity contribution in [2.24, 2.45) is 0 Å². The number of nitrogens with zero attached hydrogens (tertiary/aromatic N) is 1. The lowest BCUT2D eigenvalue weighted by molar-refractivity contribution is 0.202. The third-order valence-electron chi connectivity index (χ3n) is 1.88. The van der Waals surface area contributed by atoms with E-state index in [9.17, 15) is 4.79 Å². The van der Waals surface area contributed by atoms with Crippen LogP contribution in [0, 0.1) is 0 Å². The van der Waals surface area contributed by atoms with Gasteiger partial charge < -0.3 is 5.11 Å². The Morgan fingerprint density at radius 3 is 2.47 bits per heavy atom. The number of amides is 1. The van der Waals surface area contributed by atoms with E-state index in [4.69, 9.17) is 16.7 Å². The van der Waals surface area contributed by atoms with Gasteiger partial charge in [-0.3, -0.25) is 4.90 Å². The molecule has 0 radical (unpaired) electrons. The van der Waals surface area contributed by atoms with Crippen molar-refractivity contribution in [2.45, 2.75) is 6.42 Å². The van der Waals surface area contributed by atoms with Crippen LogP contribution in [0.4, 0.5) is 10.5 Å². The number of benzene rings is 1. The van der Waals surface area contributed by atoms with Crippen LogP contribution in [0.25, 0.3) is 0 Å². The van der Waals surface area contributed by atoms with Crippen molar-refractivity contribution in [3.63, 3.8) is 0 Å². The van der Waals surface area contributed by atoms with Gasteiger partial charge in [0.05, 0.1) is 0 Å². The van der Waals surface area contributed by atoms with Gasteiger partial charge in [-0.15, -0.1) is 0 Å². The van der Waals surface area contributed by atoms with Gasteiger partial charge in [-0.25, -0.2) is 4.79 Å². The van der Waals surface area contributed by atoms with Crippen LogP contribution in [0.2, 0.25) is 5.02 Å². The summed E-state index contributed by atoms with van der Waals surface area (Å²) in [4.78, 5) is 12.3. The maximum atomic E-state index is 11.0. The summed E-state index contributed by atoms with van der Waals surface area (Å²) in [6.07, 6.45) is -0.173. The minimum Gasteiger partial charge on any atom is -0.465 e. The fourth-order valence-electron chi connectivity index (χ4n) is 1.17. The average Bonchev–Trinajstić information content (AvgIpc) is 2.21. The fourth-order valence-corrected chi connectivity index (χ4v) is 1.55. The molecule has 0 fully saturated rings. The summed E-state index contributed by atoms with van der Waals surface area (Å²) < 4.78 is 0. The van der Waals surface area contributed by atoms with Crippen molar-refractivity contribution >= 4 is 39.3 Å². The minimum absolute atomic E-state index is 0.474. The molecule has 0 atom stereocenters. The predicted octanol–water partition coefficient (Wildman–Crippen LogP) is 3.61. The predicted molar refractivity (Wildman–Crippen MR) is 65.2 cm³/mol. The normalized spacial score (nSPS) is 10.0. The molecule has 0 aliphatic carbocycles. The van der Waals surface area contributed by atoms with Crippen molar-refractivity contribution in [2.75, 3.05) is 16.8 Å². The van der Waals surface area contributed by atoms with Crippen LogP contribution >= 0.6 is 27.5 Å². The van der Waals surface area contributed by atoms with E-state index >= 15 is 0 Å². The largest absolute Gasteiger partial charge is 0.465 e. The molecule has 0 spiro atoms. The first kappa shape index (κ1) is 12.3. The zero-order chi connectivity index (χ0) is 11.3. The number of hydrogen-bond acceptors (Lipinski definition) is 1. The van der Waals surface area contributed by atoms with Crippen LogP contribution in [0.5, 0.6) is 0 Å². The molecular weight excluding hydrogens is 281 g/mol. The standard InChI is InChI=1S/C10H11BrClNO2/c11-6-1-7-13(10(14)15)9-4-2-8(12)3-5-9/h2-5H,1,6-7H2,(H,14,15). The van der Waals surface area contributed by atoms with E-state index in [1.165, 1.54) is 4.90 Å². The van der Waals surface area contributed by atoms with Crippen LogP contribution in [0.15, 0.2) is 24.3 Å². The Bertz CT molecular complexity index is 329. The van der Waals surface area contributed by atoms with Gasteiger partial charge in [0, 0.05) is 22.6 Å². The van der Waals surface area contributed by atoms with Crippen molar-refractivity contribution in [1.29, 1.82) is 0 Å². The maximum Gasteiger partial charge on any atom is 0.411 e. The Labute approximate surface area is 102 Å². The second kappa shape index (κ2) is 5.98. The molecule has 1 N–H and O–H groups in total. The Kier molecular flexibility index (Phi) is 4.91. The molecule has 1 aromatic rings. The molecule has 3 nitrogen and oxygen atoms in total. The summed E-state index contributed by atoms with van der Waals surface area (Å²) in [5.74, 6) is 0. The first-order chi connectivity index (χ1) is 7.15. The Morgan fingerprint density at radius 1 is 1.40 bits per heavy atom. The summed E-state index contributed by atoms with van der Waals surface area (Å²) >= 11 is 9.00. The van der Waals surface area contributed by atoms with Crippen molar-refractivity contribution in [1.82, 2.24) is 0 Å². The molecule has 1 amide bonds. The van der Waals surface area contributed by atoms with Gasteiger partial charge in [0.15, 0.2) is 0 Å². The molecular formula is C10H11BrClNO2. The molecule has 5 heteroatoms. The van der Waals surface area contributed by atoms with Gasteiger partial charge in [0.25, 0.3) is 0 Å². The number of carboxylic acid groups (broad SMARTS) is 1. The lowest BCUT2D eigenvalue weighted by atomic mass is 10.3. The van der Waals surface area contributed by atoms with Crippen LogP contribution in [-0.4, -0.2) is 23.1 Å². The van der Waals surface area contributed by atoms with Gasteiger partial charge in [0.1, 0.15) is 0 Å². The van der Waals surface area contributed by atoms with E-state index < -0.39 is 6.09 Å². The van der Waals surface area contributed by atoms with Gasteiger partial charge >= 0.3 is 6.09 Å². The van der Waals surface area contributed by atoms with E-state index in [1.54, 1.807) is 24.3 Å². The SMILES string of the molecule is O=C(O)N(CCCBr)c1ccc(Cl)cc1. The monoisotopic (exact) mass is 291 g/mol. The van der Waals surface area contributed by atoms with Gasteiger partial charge in [-0.1, -0.05) is 27.5 Å². The number of anilines is 1. The smallest absolute Gasteiger partial charge is 0.411 e. The highest BCUT2D eigenvalue weighted by molar-refractivity contribution is 9.09. The van der Waals surface area contributed by atoms with E-state index in [1.807, 2.05) is 0 Å². The molecule has 0 saturated heterocycles. The summed E-state index contributed by atoms with van der Waals surface area (Å²) in [6, 6.07) is 6.76. The first-order valence-electron chi connectivity index (χ1n) is 4.47. The average molecular weight is 293 g/mol. The molecule has 82 valence electrons. The van der Waals surface area contributed by atoms with E-state index in [-0.39, 0.29) is 0 Å². The third kappa shape index (κ3) is 3.72. The molecule has 1 rings (SSSR count). The number of halogens is 2. The van der Waals surface area contributed by atoms with Gasteiger partial charge in [0.2, 0.25) is 0 Å². The molecule has 0 aromatic heterocycles. The Balaban J connectivity index is 2.79. The van der Waals surface area contributed by atoms with Gasteiger partial charge in [-0.05, 0) is 30.7 Å². The zero-order valence-corrected chi connectivity index (χ0v) is 10.3. The number of rotatable bonds is 4. The Morgan fingerprint density at radius 2 is 2.00 bits per heavy atom. The summed E-state index contributed by atoms with van der Waals surface area (Å²) in [6.45, 7) is 0.474. The quantitative estimate of drug-likeness (QED) is 0.861. The fraction of sp³-hybridized carbons (Fsp3) is 0.300. The second-order valence-electron chi connectivity index (χ2n) is 2.95. The van der Waals surface area contributed by atoms with Crippen molar-refractivity contribution in [3.8, 4) is 0 Å². The zero-order valence-electron chi connectivity index (χ0n) is 7.99. The lowest BCUT2D eigenvalue weighted by Gasteiger charge is -2.18. The van der Waals surface area contributed by atoms with Crippen molar-refractivity contribution in [3.05, 3.63) is 29.3 Å². The van der Waals surface area contributed by atoms with E-state index in [2.05, 4.69) is 15.9 Å². The van der Waals surface area contributed by atoms with Crippen LogP contribution in [0.3, 0.4) is 0 Å². The molecule has 0 aliphatic rings. The number of carbonyl (C=O) groups is 1. The number of alkyl halides is 1. The second-order valence-corrected chi connectivity index (χ2v) is 4.18. The minimum atomic E-state index is -0.946.